The summed E-state index contributed by atoms with van der Waals surface area (Å²) in [6.45, 7) is 0. The quantitative estimate of drug-likeness (QED) is 0.483. The van der Waals surface area contributed by atoms with Crippen LogP contribution in [0.3, 0.4) is 0 Å². The summed E-state index contributed by atoms with van der Waals surface area (Å²) in [4.78, 5) is 26.0. The summed E-state index contributed by atoms with van der Waals surface area (Å²) in [5, 5.41) is 11.3. The van der Waals surface area contributed by atoms with Gasteiger partial charge in [-0.15, -0.1) is 11.3 Å². The summed E-state index contributed by atoms with van der Waals surface area (Å²) < 4.78 is 4.56. The lowest BCUT2D eigenvalue weighted by Crippen LogP contribution is -1.96. The Morgan fingerprint density at radius 2 is 2.17 bits per heavy atom. The first-order valence-corrected chi connectivity index (χ1v) is 5.73. The molecule has 0 saturated heterocycles. The van der Waals surface area contributed by atoms with Gasteiger partial charge in [0.1, 0.15) is 9.88 Å². The van der Waals surface area contributed by atoms with Crippen molar-refractivity contribution in [2.45, 2.75) is 0 Å². The highest BCUT2D eigenvalue weighted by atomic mass is 32.1. The van der Waals surface area contributed by atoms with Crippen LogP contribution < -0.4 is 0 Å². The van der Waals surface area contributed by atoms with E-state index in [4.69, 9.17) is 0 Å². The lowest BCUT2D eigenvalue weighted by Gasteiger charge is -1.97. The maximum Gasteiger partial charge on any atom is 0.349 e. The smallest absolute Gasteiger partial charge is 0.349 e. The minimum Gasteiger partial charge on any atom is -0.465 e. The summed E-state index contributed by atoms with van der Waals surface area (Å²) in [6.07, 6.45) is 1.35. The lowest BCUT2D eigenvalue weighted by molar-refractivity contribution is -0.384. The van der Waals surface area contributed by atoms with Gasteiger partial charge in [0.15, 0.2) is 0 Å². The topological polar surface area (TPSA) is 82.3 Å². The minimum absolute atomic E-state index is 0.0386. The van der Waals surface area contributed by atoms with Crippen LogP contribution in [0.4, 0.5) is 5.69 Å². The van der Waals surface area contributed by atoms with Crippen molar-refractivity contribution >= 4 is 23.0 Å². The van der Waals surface area contributed by atoms with E-state index in [9.17, 15) is 14.9 Å². The van der Waals surface area contributed by atoms with Crippen molar-refractivity contribution in [1.29, 1.82) is 0 Å². The molecule has 0 atom stereocenters. The number of benzene rings is 1. The summed E-state index contributed by atoms with van der Waals surface area (Å²) in [6, 6.07) is 6.25. The second-order valence-corrected chi connectivity index (χ2v) is 4.33. The zero-order chi connectivity index (χ0) is 13.1. The molecule has 0 unspecified atom stereocenters. The molecule has 1 heterocycles. The average Bonchev–Trinajstić information content (AvgIpc) is 2.87. The van der Waals surface area contributed by atoms with Crippen LogP contribution in [0.5, 0.6) is 0 Å². The normalized spacial score (nSPS) is 10.1. The second kappa shape index (κ2) is 4.92. The number of esters is 1. The molecule has 2 rings (SSSR count). The number of methoxy groups -OCH3 is 1. The number of aromatic nitrogens is 1. The molecule has 18 heavy (non-hydrogen) atoms. The van der Waals surface area contributed by atoms with Crippen LogP contribution >= 0.6 is 11.3 Å². The van der Waals surface area contributed by atoms with E-state index in [1.165, 1.54) is 19.4 Å². The fourth-order valence-electron chi connectivity index (χ4n) is 1.41. The van der Waals surface area contributed by atoms with Gasteiger partial charge >= 0.3 is 5.97 Å². The van der Waals surface area contributed by atoms with Gasteiger partial charge in [0, 0.05) is 6.07 Å². The van der Waals surface area contributed by atoms with E-state index in [2.05, 4.69) is 9.72 Å². The SMILES string of the molecule is COC(=O)c1cnc(-c2ccccc2[N+](=O)[O-])s1. The number of thiazole rings is 1. The fourth-order valence-corrected chi connectivity index (χ4v) is 2.28. The molecular formula is C11H8N2O4S. The number of carbonyl (C=O) groups is 1. The minimum atomic E-state index is -0.502. The monoisotopic (exact) mass is 264 g/mol. The molecule has 0 spiro atoms. The molecule has 0 aliphatic carbocycles. The van der Waals surface area contributed by atoms with Crippen LogP contribution in [0.25, 0.3) is 10.6 Å². The number of nitro groups is 1. The first-order chi connectivity index (χ1) is 8.63. The number of rotatable bonds is 3. The van der Waals surface area contributed by atoms with Crippen LogP contribution in [0.1, 0.15) is 9.67 Å². The van der Waals surface area contributed by atoms with E-state index in [-0.39, 0.29) is 5.69 Å². The second-order valence-electron chi connectivity index (χ2n) is 3.30. The number of hydrogen-bond acceptors (Lipinski definition) is 6. The maximum absolute atomic E-state index is 11.3. The number of carbonyl (C=O) groups excluding carboxylic acids is 1. The maximum atomic E-state index is 11.3. The average molecular weight is 264 g/mol. The fraction of sp³-hybridized carbons (Fsp3) is 0.0909. The summed E-state index contributed by atoms with van der Waals surface area (Å²) in [7, 11) is 1.27. The van der Waals surface area contributed by atoms with Crippen molar-refractivity contribution in [3.63, 3.8) is 0 Å². The standard InChI is InChI=1S/C11H8N2O4S/c1-17-11(14)9-6-12-10(18-9)7-4-2-3-5-8(7)13(15)16/h2-6H,1H3. The Hall–Kier alpha value is -2.28. The highest BCUT2D eigenvalue weighted by Crippen LogP contribution is 2.32. The van der Waals surface area contributed by atoms with Crippen LogP contribution in [0, 0.1) is 10.1 Å². The summed E-state index contributed by atoms with van der Waals surface area (Å²) in [5.41, 5.74) is 0.353. The first-order valence-electron chi connectivity index (χ1n) is 4.91. The lowest BCUT2D eigenvalue weighted by atomic mass is 10.2. The largest absolute Gasteiger partial charge is 0.465 e. The van der Waals surface area contributed by atoms with Gasteiger partial charge in [0.25, 0.3) is 5.69 Å². The molecule has 1 aromatic heterocycles. The Morgan fingerprint density at radius 1 is 1.44 bits per heavy atom. The molecule has 2 aromatic rings. The predicted octanol–water partition coefficient (Wildman–Crippen LogP) is 2.50. The molecular weight excluding hydrogens is 256 g/mol. The van der Waals surface area contributed by atoms with E-state index in [0.29, 0.717) is 15.4 Å². The number of hydrogen-bond donors (Lipinski definition) is 0. The van der Waals surface area contributed by atoms with Crippen LogP contribution in [0.2, 0.25) is 0 Å². The highest BCUT2D eigenvalue weighted by Gasteiger charge is 2.19. The third kappa shape index (κ3) is 2.21. The van der Waals surface area contributed by atoms with Crippen molar-refractivity contribution in [3.8, 4) is 10.6 Å². The molecule has 0 amide bonds. The van der Waals surface area contributed by atoms with E-state index >= 15 is 0 Å². The highest BCUT2D eigenvalue weighted by molar-refractivity contribution is 7.16. The van der Waals surface area contributed by atoms with Crippen LogP contribution in [-0.4, -0.2) is 23.0 Å². The Bertz CT molecular complexity index is 609. The van der Waals surface area contributed by atoms with Gasteiger partial charge in [-0.2, -0.15) is 0 Å². The molecule has 0 saturated carbocycles. The van der Waals surface area contributed by atoms with Gasteiger partial charge in [-0.1, -0.05) is 12.1 Å². The number of para-hydroxylation sites is 1. The van der Waals surface area contributed by atoms with Gasteiger partial charge < -0.3 is 4.74 Å². The third-order valence-electron chi connectivity index (χ3n) is 2.22. The van der Waals surface area contributed by atoms with Gasteiger partial charge in [0.05, 0.1) is 23.8 Å². The number of nitrogens with zero attached hydrogens (tertiary/aromatic N) is 2. The van der Waals surface area contributed by atoms with Crippen LogP contribution in [0.15, 0.2) is 30.5 Å². The van der Waals surface area contributed by atoms with Crippen LogP contribution in [-0.2, 0) is 4.74 Å². The van der Waals surface area contributed by atoms with Gasteiger partial charge in [-0.3, -0.25) is 10.1 Å². The molecule has 0 bridgehead atoms. The van der Waals surface area contributed by atoms with E-state index in [1.807, 2.05) is 0 Å². The molecule has 0 aliphatic heterocycles. The molecule has 0 radical (unpaired) electrons. The predicted molar refractivity (Wildman–Crippen MR) is 65.5 cm³/mol. The third-order valence-corrected chi connectivity index (χ3v) is 3.23. The van der Waals surface area contributed by atoms with Gasteiger partial charge in [-0.05, 0) is 6.07 Å². The van der Waals surface area contributed by atoms with E-state index in [1.54, 1.807) is 18.2 Å². The molecule has 6 nitrogen and oxygen atoms in total. The van der Waals surface area contributed by atoms with Crippen molar-refractivity contribution in [3.05, 3.63) is 45.5 Å². The molecule has 0 fully saturated rings. The molecule has 7 heteroatoms. The Labute approximate surface area is 106 Å². The number of nitro benzene ring substituents is 1. The molecule has 1 aromatic carbocycles. The van der Waals surface area contributed by atoms with Gasteiger partial charge in [-0.25, -0.2) is 9.78 Å². The Morgan fingerprint density at radius 3 is 2.83 bits per heavy atom. The molecule has 0 aliphatic rings. The Kier molecular flexibility index (Phi) is 3.33. The van der Waals surface area contributed by atoms with Crippen molar-refractivity contribution in [2.24, 2.45) is 0 Å². The zero-order valence-electron chi connectivity index (χ0n) is 9.32. The van der Waals surface area contributed by atoms with Crippen molar-refractivity contribution in [1.82, 2.24) is 4.98 Å². The molecule has 0 N–H and O–H groups in total. The van der Waals surface area contributed by atoms with Crippen molar-refractivity contribution < 1.29 is 14.5 Å². The zero-order valence-corrected chi connectivity index (χ0v) is 10.1. The Balaban J connectivity index is 2.46. The van der Waals surface area contributed by atoms with E-state index in [0.717, 1.165) is 11.3 Å². The summed E-state index contributed by atoms with van der Waals surface area (Å²) in [5.74, 6) is -0.502. The number of ether oxygens (including phenoxy) is 1. The van der Waals surface area contributed by atoms with E-state index < -0.39 is 10.9 Å². The summed E-state index contributed by atoms with van der Waals surface area (Å²) >= 11 is 1.06. The molecule has 92 valence electrons. The first kappa shape index (κ1) is 12.2. The van der Waals surface area contributed by atoms with Gasteiger partial charge in [0.2, 0.25) is 0 Å². The van der Waals surface area contributed by atoms with Crippen molar-refractivity contribution in [2.75, 3.05) is 7.11 Å².